The Morgan fingerprint density at radius 3 is 2.88 bits per heavy atom. The Bertz CT molecular complexity index is 540. The highest BCUT2D eigenvalue weighted by Crippen LogP contribution is 2.22. The van der Waals surface area contributed by atoms with Crippen molar-refractivity contribution in [3.63, 3.8) is 0 Å². The molecule has 0 aliphatic rings. The highest BCUT2D eigenvalue weighted by molar-refractivity contribution is 5.85. The Morgan fingerprint density at radius 1 is 1.44 bits per heavy atom. The van der Waals surface area contributed by atoms with E-state index in [0.717, 1.165) is 11.1 Å². The minimum atomic E-state index is -0.746. The smallest absolute Gasteiger partial charge is 0.303 e. The standard InChI is InChI=1S/C13H15NO2/c1-9-3-5-12-11(7-9)10(8-14(12)2)4-6-13(15)16/h3,5,7-8H,4,6H2,1-2H3,(H,15,16). The lowest BCUT2D eigenvalue weighted by Crippen LogP contribution is -1.96. The molecule has 3 nitrogen and oxygen atoms in total. The minimum Gasteiger partial charge on any atom is -0.481 e. The van der Waals surface area contributed by atoms with Crippen LogP contribution in [-0.2, 0) is 18.3 Å². The molecule has 0 fully saturated rings. The summed E-state index contributed by atoms with van der Waals surface area (Å²) in [6.07, 6.45) is 2.80. The summed E-state index contributed by atoms with van der Waals surface area (Å²) in [7, 11) is 1.99. The second-order valence-electron chi connectivity index (χ2n) is 4.18. The van der Waals surface area contributed by atoms with E-state index in [0.29, 0.717) is 6.42 Å². The first-order valence-electron chi connectivity index (χ1n) is 5.34. The van der Waals surface area contributed by atoms with Gasteiger partial charge in [0.2, 0.25) is 0 Å². The van der Waals surface area contributed by atoms with Gasteiger partial charge in [-0.05, 0) is 31.0 Å². The van der Waals surface area contributed by atoms with Gasteiger partial charge in [0.05, 0.1) is 0 Å². The van der Waals surface area contributed by atoms with E-state index >= 15 is 0 Å². The summed E-state index contributed by atoms with van der Waals surface area (Å²) in [5.41, 5.74) is 3.48. The van der Waals surface area contributed by atoms with Gasteiger partial charge in [0.25, 0.3) is 0 Å². The van der Waals surface area contributed by atoms with E-state index in [1.807, 2.05) is 24.7 Å². The van der Waals surface area contributed by atoms with Gasteiger partial charge in [-0.2, -0.15) is 0 Å². The molecule has 0 aliphatic carbocycles. The van der Waals surface area contributed by atoms with Crippen LogP contribution >= 0.6 is 0 Å². The summed E-state index contributed by atoms with van der Waals surface area (Å²) in [5, 5.41) is 9.87. The van der Waals surface area contributed by atoms with Gasteiger partial charge in [0, 0.05) is 30.6 Å². The molecule has 0 atom stereocenters. The van der Waals surface area contributed by atoms with E-state index in [2.05, 4.69) is 18.2 Å². The van der Waals surface area contributed by atoms with Crippen LogP contribution in [0.4, 0.5) is 0 Å². The fourth-order valence-corrected chi connectivity index (χ4v) is 2.03. The molecule has 0 saturated heterocycles. The predicted octanol–water partition coefficient (Wildman–Crippen LogP) is 2.50. The Labute approximate surface area is 94.3 Å². The third-order valence-electron chi connectivity index (χ3n) is 2.84. The number of hydrogen-bond acceptors (Lipinski definition) is 1. The number of carbonyl (C=O) groups is 1. The summed E-state index contributed by atoms with van der Waals surface area (Å²) in [6, 6.07) is 6.27. The number of carboxylic acids is 1. The normalized spacial score (nSPS) is 10.9. The van der Waals surface area contributed by atoms with Crippen LogP contribution in [0.25, 0.3) is 10.9 Å². The average molecular weight is 217 g/mol. The van der Waals surface area contributed by atoms with E-state index < -0.39 is 5.97 Å². The topological polar surface area (TPSA) is 42.2 Å². The van der Waals surface area contributed by atoms with Gasteiger partial charge in [-0.1, -0.05) is 11.6 Å². The SMILES string of the molecule is Cc1ccc2c(c1)c(CCC(=O)O)cn2C. The van der Waals surface area contributed by atoms with Crippen LogP contribution in [0.5, 0.6) is 0 Å². The fraction of sp³-hybridized carbons (Fsp3) is 0.308. The number of carboxylic acid groups (broad SMARTS) is 1. The molecule has 0 unspecified atom stereocenters. The molecule has 1 N–H and O–H groups in total. The van der Waals surface area contributed by atoms with E-state index in [9.17, 15) is 4.79 Å². The van der Waals surface area contributed by atoms with Gasteiger partial charge in [0.15, 0.2) is 0 Å². The zero-order valence-corrected chi connectivity index (χ0v) is 9.53. The van der Waals surface area contributed by atoms with Crippen LogP contribution in [0.15, 0.2) is 24.4 Å². The zero-order chi connectivity index (χ0) is 11.7. The second-order valence-corrected chi connectivity index (χ2v) is 4.18. The first-order chi connectivity index (χ1) is 7.58. The maximum absolute atomic E-state index is 10.6. The molecule has 0 amide bonds. The monoisotopic (exact) mass is 217 g/mol. The second kappa shape index (κ2) is 4.00. The lowest BCUT2D eigenvalue weighted by atomic mass is 10.1. The van der Waals surface area contributed by atoms with Gasteiger partial charge in [-0.3, -0.25) is 4.79 Å². The van der Waals surface area contributed by atoms with Crippen molar-refractivity contribution in [3.8, 4) is 0 Å². The number of fused-ring (bicyclic) bond motifs is 1. The quantitative estimate of drug-likeness (QED) is 0.858. The largest absolute Gasteiger partial charge is 0.481 e. The molecule has 3 heteroatoms. The molecule has 0 spiro atoms. The van der Waals surface area contributed by atoms with E-state index in [4.69, 9.17) is 5.11 Å². The zero-order valence-electron chi connectivity index (χ0n) is 9.53. The predicted molar refractivity (Wildman–Crippen MR) is 63.6 cm³/mol. The molecule has 1 heterocycles. The van der Waals surface area contributed by atoms with E-state index in [1.54, 1.807) is 0 Å². The van der Waals surface area contributed by atoms with Crippen molar-refractivity contribution in [2.45, 2.75) is 19.8 Å². The Morgan fingerprint density at radius 2 is 2.19 bits per heavy atom. The lowest BCUT2D eigenvalue weighted by Gasteiger charge is -1.98. The highest BCUT2D eigenvalue weighted by atomic mass is 16.4. The van der Waals surface area contributed by atoms with Crippen molar-refractivity contribution in [2.24, 2.45) is 7.05 Å². The summed E-state index contributed by atoms with van der Waals surface area (Å²) in [4.78, 5) is 10.6. The van der Waals surface area contributed by atoms with Gasteiger partial charge in [-0.25, -0.2) is 0 Å². The molecular formula is C13H15NO2. The lowest BCUT2D eigenvalue weighted by molar-refractivity contribution is -0.136. The molecule has 1 aromatic carbocycles. The highest BCUT2D eigenvalue weighted by Gasteiger charge is 2.08. The molecule has 2 rings (SSSR count). The minimum absolute atomic E-state index is 0.188. The van der Waals surface area contributed by atoms with Gasteiger partial charge < -0.3 is 9.67 Å². The number of hydrogen-bond donors (Lipinski definition) is 1. The van der Waals surface area contributed by atoms with Gasteiger partial charge in [0.1, 0.15) is 0 Å². The first kappa shape index (κ1) is 10.7. The molecule has 2 aromatic rings. The number of aliphatic carboxylic acids is 1. The fourth-order valence-electron chi connectivity index (χ4n) is 2.03. The van der Waals surface area contributed by atoms with E-state index in [1.165, 1.54) is 10.9 Å². The molecule has 84 valence electrons. The van der Waals surface area contributed by atoms with Crippen LogP contribution in [0.1, 0.15) is 17.5 Å². The Kier molecular flexibility index (Phi) is 2.69. The van der Waals surface area contributed by atoms with Crippen molar-refractivity contribution >= 4 is 16.9 Å². The number of rotatable bonds is 3. The summed E-state index contributed by atoms with van der Waals surface area (Å²) < 4.78 is 2.05. The molecule has 0 aliphatic heterocycles. The maximum atomic E-state index is 10.6. The van der Waals surface area contributed by atoms with Crippen LogP contribution in [-0.4, -0.2) is 15.6 Å². The number of benzene rings is 1. The third kappa shape index (κ3) is 1.94. The van der Waals surface area contributed by atoms with E-state index in [-0.39, 0.29) is 6.42 Å². The van der Waals surface area contributed by atoms with Crippen molar-refractivity contribution in [1.29, 1.82) is 0 Å². The molecular weight excluding hydrogens is 202 g/mol. The Balaban J connectivity index is 2.44. The molecule has 0 saturated carbocycles. The van der Waals surface area contributed by atoms with Crippen molar-refractivity contribution in [2.75, 3.05) is 0 Å². The van der Waals surface area contributed by atoms with Crippen LogP contribution in [0, 0.1) is 6.92 Å². The number of aryl methyl sites for hydroxylation is 3. The molecule has 0 bridgehead atoms. The Hall–Kier alpha value is -1.77. The van der Waals surface area contributed by atoms with Gasteiger partial charge in [-0.15, -0.1) is 0 Å². The van der Waals surface area contributed by atoms with Crippen LogP contribution in [0.2, 0.25) is 0 Å². The molecule has 0 radical (unpaired) electrons. The molecule has 16 heavy (non-hydrogen) atoms. The van der Waals surface area contributed by atoms with Crippen LogP contribution < -0.4 is 0 Å². The maximum Gasteiger partial charge on any atom is 0.303 e. The summed E-state index contributed by atoms with van der Waals surface area (Å²) >= 11 is 0. The van der Waals surface area contributed by atoms with Crippen molar-refractivity contribution in [3.05, 3.63) is 35.5 Å². The number of nitrogens with zero attached hydrogens (tertiary/aromatic N) is 1. The number of aromatic nitrogens is 1. The van der Waals surface area contributed by atoms with Crippen molar-refractivity contribution < 1.29 is 9.90 Å². The van der Waals surface area contributed by atoms with Crippen molar-refractivity contribution in [1.82, 2.24) is 4.57 Å². The first-order valence-corrected chi connectivity index (χ1v) is 5.34. The summed E-state index contributed by atoms with van der Waals surface area (Å²) in [6.45, 7) is 2.05. The van der Waals surface area contributed by atoms with Crippen LogP contribution in [0.3, 0.4) is 0 Å². The average Bonchev–Trinajstić information content (AvgIpc) is 2.52. The van der Waals surface area contributed by atoms with Gasteiger partial charge >= 0.3 is 5.97 Å². The summed E-state index contributed by atoms with van der Waals surface area (Å²) in [5.74, 6) is -0.746. The molecule has 1 aromatic heterocycles. The third-order valence-corrected chi connectivity index (χ3v) is 2.84.